The van der Waals surface area contributed by atoms with E-state index in [9.17, 15) is 4.39 Å². The van der Waals surface area contributed by atoms with E-state index in [2.05, 4.69) is 25.1 Å². The average molecular weight is 394 g/mol. The first-order chi connectivity index (χ1) is 14.3. The van der Waals surface area contributed by atoms with Crippen LogP contribution >= 0.6 is 0 Å². The Morgan fingerprint density at radius 3 is 2.14 bits per heavy atom. The van der Waals surface area contributed by atoms with Crippen LogP contribution in [-0.2, 0) is 0 Å². The summed E-state index contributed by atoms with van der Waals surface area (Å²) in [6, 6.07) is 16.7. The van der Waals surface area contributed by atoms with E-state index in [4.69, 9.17) is 0 Å². The van der Waals surface area contributed by atoms with Gasteiger partial charge in [0.2, 0.25) is 0 Å². The third kappa shape index (κ3) is 7.28. The molecular weight excluding hydrogens is 355 g/mol. The van der Waals surface area contributed by atoms with Gasteiger partial charge in [-0.2, -0.15) is 0 Å². The van der Waals surface area contributed by atoms with Gasteiger partial charge in [-0.3, -0.25) is 0 Å². The van der Waals surface area contributed by atoms with Crippen LogP contribution in [0.2, 0.25) is 0 Å². The van der Waals surface area contributed by atoms with E-state index in [1.54, 1.807) is 12.1 Å². The Morgan fingerprint density at radius 1 is 0.793 bits per heavy atom. The maximum Gasteiger partial charge on any atom is 0.123 e. The molecule has 2 aromatic rings. The van der Waals surface area contributed by atoms with Crippen LogP contribution in [0.1, 0.15) is 102 Å². The van der Waals surface area contributed by atoms with Gasteiger partial charge in [0, 0.05) is 0 Å². The topological polar surface area (TPSA) is 0 Å². The summed E-state index contributed by atoms with van der Waals surface area (Å²) in [5.41, 5.74) is 3.61. The maximum atomic E-state index is 13.2. The fraction of sp³-hybridized carbons (Fsp3) is 0.571. The number of unbranched alkanes of at least 4 members (excludes halogenated alkanes) is 7. The summed E-state index contributed by atoms with van der Waals surface area (Å²) in [7, 11) is 0. The fourth-order valence-electron chi connectivity index (χ4n) is 4.87. The van der Waals surface area contributed by atoms with Crippen LogP contribution in [0.25, 0.3) is 11.1 Å². The van der Waals surface area contributed by atoms with E-state index in [1.165, 1.54) is 94.6 Å². The highest BCUT2D eigenvalue weighted by atomic mass is 19.1. The molecule has 1 heteroatoms. The summed E-state index contributed by atoms with van der Waals surface area (Å²) in [6.45, 7) is 2.29. The van der Waals surface area contributed by atoms with Crippen LogP contribution in [0, 0.1) is 17.8 Å². The van der Waals surface area contributed by atoms with Crippen LogP contribution in [0.3, 0.4) is 0 Å². The van der Waals surface area contributed by atoms with Gasteiger partial charge in [0.15, 0.2) is 0 Å². The van der Waals surface area contributed by atoms with Gasteiger partial charge in [0.05, 0.1) is 0 Å². The Hall–Kier alpha value is -1.63. The zero-order valence-electron chi connectivity index (χ0n) is 18.3. The molecule has 0 aromatic heterocycles. The van der Waals surface area contributed by atoms with Crippen molar-refractivity contribution in [1.82, 2.24) is 0 Å². The average Bonchev–Trinajstić information content (AvgIpc) is 2.77. The number of hydrogen-bond acceptors (Lipinski definition) is 0. The predicted octanol–water partition coefficient (Wildman–Crippen LogP) is 9.10. The van der Waals surface area contributed by atoms with Crippen molar-refractivity contribution in [3.05, 3.63) is 59.9 Å². The van der Waals surface area contributed by atoms with Crippen molar-refractivity contribution in [3.8, 4) is 11.1 Å². The van der Waals surface area contributed by atoms with E-state index >= 15 is 0 Å². The zero-order chi connectivity index (χ0) is 20.3. The first kappa shape index (κ1) is 22.1. The smallest absolute Gasteiger partial charge is 0.123 e. The fourth-order valence-corrected chi connectivity index (χ4v) is 4.87. The lowest BCUT2D eigenvalue weighted by Crippen LogP contribution is -2.13. The van der Waals surface area contributed by atoms with Crippen LogP contribution in [-0.4, -0.2) is 0 Å². The second kappa shape index (κ2) is 12.2. The van der Waals surface area contributed by atoms with Gasteiger partial charge in [-0.15, -0.1) is 0 Å². The molecule has 1 saturated carbocycles. The number of rotatable bonds is 11. The molecule has 0 bridgehead atoms. The highest BCUT2D eigenvalue weighted by molar-refractivity contribution is 5.64. The molecule has 0 atom stereocenters. The quantitative estimate of drug-likeness (QED) is 0.334. The molecular formula is C28H38F. The first-order valence-corrected chi connectivity index (χ1v) is 12.0. The molecule has 0 saturated heterocycles. The van der Waals surface area contributed by atoms with Gasteiger partial charge < -0.3 is 0 Å². The van der Waals surface area contributed by atoms with Gasteiger partial charge in [-0.25, -0.2) is 4.39 Å². The molecule has 1 radical (unpaired) electrons. The van der Waals surface area contributed by atoms with Crippen molar-refractivity contribution in [2.24, 2.45) is 5.92 Å². The summed E-state index contributed by atoms with van der Waals surface area (Å²) in [4.78, 5) is 0. The summed E-state index contributed by atoms with van der Waals surface area (Å²) in [6.07, 6.45) is 18.1. The van der Waals surface area contributed by atoms with Gasteiger partial charge in [-0.05, 0) is 72.4 Å². The van der Waals surface area contributed by atoms with Crippen LogP contribution in [0.5, 0.6) is 0 Å². The monoisotopic (exact) mass is 393 g/mol. The molecule has 0 heterocycles. The Morgan fingerprint density at radius 2 is 1.45 bits per heavy atom. The second-order valence-electron chi connectivity index (χ2n) is 9.02. The lowest BCUT2D eigenvalue weighted by Gasteiger charge is -2.29. The minimum Gasteiger partial charge on any atom is -0.207 e. The minimum atomic E-state index is -0.175. The lowest BCUT2D eigenvalue weighted by molar-refractivity contribution is 0.301. The van der Waals surface area contributed by atoms with Crippen molar-refractivity contribution in [1.29, 1.82) is 0 Å². The first-order valence-electron chi connectivity index (χ1n) is 12.0. The Balaban J connectivity index is 1.38. The molecule has 0 amide bonds. The minimum absolute atomic E-state index is 0.175. The Kier molecular flexibility index (Phi) is 9.25. The summed E-state index contributed by atoms with van der Waals surface area (Å²) in [5.74, 6) is 1.41. The van der Waals surface area contributed by atoms with E-state index in [1.807, 2.05) is 18.2 Å². The second-order valence-corrected chi connectivity index (χ2v) is 9.02. The molecule has 157 valence electrons. The molecule has 1 aliphatic carbocycles. The van der Waals surface area contributed by atoms with Crippen molar-refractivity contribution >= 4 is 0 Å². The van der Waals surface area contributed by atoms with Crippen LogP contribution in [0.4, 0.5) is 4.39 Å². The third-order valence-electron chi connectivity index (χ3n) is 6.75. The van der Waals surface area contributed by atoms with Crippen molar-refractivity contribution in [2.75, 3.05) is 0 Å². The molecule has 1 aliphatic rings. The lowest BCUT2D eigenvalue weighted by atomic mass is 9.76. The van der Waals surface area contributed by atoms with Crippen molar-refractivity contribution in [3.63, 3.8) is 0 Å². The van der Waals surface area contributed by atoms with E-state index in [0.29, 0.717) is 5.92 Å². The maximum absolute atomic E-state index is 13.2. The standard InChI is InChI=1S/C28H38F/c1-2-3-4-5-6-7-8-9-11-23-14-16-24(17-15-23)26-12-10-13-27(22-26)25-18-20-28(29)21-19-25/h10,13,18-24H,2-9,11,14-17H2,1H3. The Labute approximate surface area is 177 Å². The van der Waals surface area contributed by atoms with Crippen molar-refractivity contribution < 1.29 is 4.39 Å². The largest absolute Gasteiger partial charge is 0.207 e. The molecule has 0 spiro atoms. The van der Waals surface area contributed by atoms with Crippen LogP contribution in [0.15, 0.2) is 42.5 Å². The predicted molar refractivity (Wildman–Crippen MR) is 123 cm³/mol. The number of halogens is 1. The molecule has 0 aliphatic heterocycles. The van der Waals surface area contributed by atoms with Gasteiger partial charge in [-0.1, -0.05) is 95.0 Å². The third-order valence-corrected chi connectivity index (χ3v) is 6.75. The highest BCUT2D eigenvalue weighted by Crippen LogP contribution is 2.38. The normalized spacial score (nSPS) is 19.4. The number of benzene rings is 2. The van der Waals surface area contributed by atoms with E-state index in [-0.39, 0.29) is 5.82 Å². The molecule has 29 heavy (non-hydrogen) atoms. The molecule has 0 nitrogen and oxygen atoms in total. The Bertz CT molecular complexity index is 695. The summed E-state index contributed by atoms with van der Waals surface area (Å²) < 4.78 is 13.2. The summed E-state index contributed by atoms with van der Waals surface area (Å²) in [5, 5.41) is 0. The molecule has 1 fully saturated rings. The molecule has 2 aromatic carbocycles. The molecule has 0 N–H and O–H groups in total. The van der Waals surface area contributed by atoms with E-state index < -0.39 is 0 Å². The molecule has 0 unspecified atom stereocenters. The number of hydrogen-bond donors (Lipinski definition) is 0. The van der Waals surface area contributed by atoms with Gasteiger partial charge in [0.25, 0.3) is 0 Å². The summed E-state index contributed by atoms with van der Waals surface area (Å²) >= 11 is 0. The molecule has 3 rings (SSSR count). The van der Waals surface area contributed by atoms with Crippen molar-refractivity contribution in [2.45, 2.75) is 96.3 Å². The van der Waals surface area contributed by atoms with Gasteiger partial charge in [0.1, 0.15) is 5.82 Å². The van der Waals surface area contributed by atoms with E-state index in [0.717, 1.165) is 11.5 Å². The van der Waals surface area contributed by atoms with Gasteiger partial charge >= 0.3 is 0 Å². The van der Waals surface area contributed by atoms with Crippen LogP contribution < -0.4 is 0 Å². The highest BCUT2D eigenvalue weighted by Gasteiger charge is 2.22. The zero-order valence-corrected chi connectivity index (χ0v) is 18.3. The SMILES string of the molecule is CCCCCCCCCCC1CCC(c2[c]ccc(-c3ccc(F)cc3)c2)CC1.